The van der Waals surface area contributed by atoms with Crippen LogP contribution >= 0.6 is 0 Å². The van der Waals surface area contributed by atoms with Crippen molar-refractivity contribution in [1.82, 2.24) is 0 Å². The van der Waals surface area contributed by atoms with Crippen molar-refractivity contribution in [3.8, 4) is 11.3 Å². The lowest BCUT2D eigenvalue weighted by Gasteiger charge is -2.47. The molecule has 1 aliphatic heterocycles. The van der Waals surface area contributed by atoms with E-state index in [1.807, 2.05) is 0 Å². The minimum absolute atomic E-state index is 0.0142. The minimum Gasteiger partial charge on any atom is -0.185 e. The Hall–Kier alpha value is -2.15. The van der Waals surface area contributed by atoms with Crippen LogP contribution in [0.15, 0.2) is 42.5 Å². The van der Waals surface area contributed by atoms with Gasteiger partial charge in [-0.15, -0.1) is 0 Å². The van der Waals surface area contributed by atoms with Crippen LogP contribution in [0.5, 0.6) is 0 Å². The van der Waals surface area contributed by atoms with Gasteiger partial charge in [0, 0.05) is 30.9 Å². The van der Waals surface area contributed by atoms with E-state index in [0.717, 1.165) is 25.2 Å². The second-order valence-electron chi connectivity index (χ2n) is 10.7. The van der Waals surface area contributed by atoms with E-state index >= 15 is 0 Å². The summed E-state index contributed by atoms with van der Waals surface area (Å²) in [6, 6.07) is 16.6. The van der Waals surface area contributed by atoms with Gasteiger partial charge in [0.25, 0.3) is 0 Å². The monoisotopic (exact) mass is 414 g/mol. The topological polar surface area (TPSA) is 3.88 Å². The fourth-order valence-electron chi connectivity index (χ4n) is 6.28. The molecule has 2 unspecified atom stereocenters. The number of benzene rings is 2. The van der Waals surface area contributed by atoms with Gasteiger partial charge in [-0.3, -0.25) is 0 Å². The molecule has 2 heterocycles. The number of pyridine rings is 1. The van der Waals surface area contributed by atoms with Gasteiger partial charge >= 0.3 is 0 Å². The maximum atomic E-state index is 2.71. The van der Waals surface area contributed by atoms with Gasteiger partial charge < -0.3 is 0 Å². The summed E-state index contributed by atoms with van der Waals surface area (Å²) in [5.41, 5.74) is 10.1. The van der Waals surface area contributed by atoms with Crippen LogP contribution in [0.4, 0.5) is 0 Å². The van der Waals surface area contributed by atoms with E-state index in [-0.39, 0.29) is 11.0 Å². The summed E-state index contributed by atoms with van der Waals surface area (Å²) >= 11 is 0. The number of hydrogen-bond donors (Lipinski definition) is 0. The molecule has 0 radical (unpaired) electrons. The summed E-state index contributed by atoms with van der Waals surface area (Å²) < 4.78 is 2.71. The lowest BCUT2D eigenvalue weighted by Crippen LogP contribution is -2.68. The Morgan fingerprint density at radius 3 is 2.32 bits per heavy atom. The first-order valence-electron chi connectivity index (χ1n) is 12.3. The molecule has 0 spiro atoms. The quantitative estimate of drug-likeness (QED) is 0.375. The van der Waals surface area contributed by atoms with Crippen molar-refractivity contribution in [3.63, 3.8) is 0 Å². The van der Waals surface area contributed by atoms with Crippen LogP contribution in [0.1, 0.15) is 83.1 Å². The van der Waals surface area contributed by atoms with Crippen LogP contribution in [0.25, 0.3) is 22.2 Å². The normalized spacial score (nSPS) is 22.6. The number of hydrogen-bond acceptors (Lipinski definition) is 0. The molecule has 0 N–H and O–H groups in total. The zero-order valence-electron chi connectivity index (χ0n) is 20.9. The van der Waals surface area contributed by atoms with Crippen molar-refractivity contribution in [2.75, 3.05) is 0 Å². The van der Waals surface area contributed by atoms with Gasteiger partial charge in [-0.1, -0.05) is 51.5 Å². The molecule has 0 amide bonds. The second kappa shape index (κ2) is 7.76. The third-order valence-electron chi connectivity index (χ3n) is 8.44. The van der Waals surface area contributed by atoms with Crippen LogP contribution in [0, 0.1) is 19.8 Å². The average molecular weight is 415 g/mol. The van der Waals surface area contributed by atoms with Crippen LogP contribution in [-0.4, -0.2) is 0 Å². The van der Waals surface area contributed by atoms with E-state index in [9.17, 15) is 0 Å². The molecule has 0 aliphatic carbocycles. The molecular formula is C30H40N+. The largest absolute Gasteiger partial charge is 0.213 e. The van der Waals surface area contributed by atoms with Gasteiger partial charge in [-0.25, -0.2) is 0 Å². The molecule has 31 heavy (non-hydrogen) atoms. The molecule has 0 bridgehead atoms. The Bertz CT molecular complexity index is 1140. The van der Waals surface area contributed by atoms with Gasteiger partial charge in [-0.05, 0) is 74.8 Å². The number of aromatic nitrogens is 1. The van der Waals surface area contributed by atoms with Crippen molar-refractivity contribution in [3.05, 3.63) is 64.7 Å². The van der Waals surface area contributed by atoms with Crippen LogP contribution in [0.3, 0.4) is 0 Å². The Balaban J connectivity index is 2.11. The molecule has 1 nitrogen and oxygen atoms in total. The fraction of sp³-hybridized carbons (Fsp3) is 0.500. The van der Waals surface area contributed by atoms with Crippen molar-refractivity contribution in [2.45, 2.75) is 92.0 Å². The highest BCUT2D eigenvalue weighted by molar-refractivity contribution is 5.82. The first-order chi connectivity index (χ1) is 14.7. The molecule has 3 aromatic rings. The van der Waals surface area contributed by atoms with Crippen molar-refractivity contribution in [1.29, 1.82) is 0 Å². The number of aryl methyl sites for hydroxylation is 3. The smallest absolute Gasteiger partial charge is 0.185 e. The Morgan fingerprint density at radius 2 is 1.68 bits per heavy atom. The van der Waals surface area contributed by atoms with Gasteiger partial charge in [-0.2, -0.15) is 4.57 Å². The molecule has 2 aromatic carbocycles. The lowest BCUT2D eigenvalue weighted by atomic mass is 9.59. The van der Waals surface area contributed by atoms with E-state index in [1.165, 1.54) is 45.3 Å². The number of fused-ring (bicyclic) bond motifs is 5. The second-order valence-corrected chi connectivity index (χ2v) is 10.7. The predicted molar refractivity (Wildman–Crippen MR) is 134 cm³/mol. The van der Waals surface area contributed by atoms with E-state index in [1.54, 1.807) is 5.56 Å². The Kier molecular flexibility index (Phi) is 5.53. The summed E-state index contributed by atoms with van der Waals surface area (Å²) in [4.78, 5) is 0. The number of nitrogens with zero attached hydrogens (tertiary/aromatic N) is 1. The van der Waals surface area contributed by atoms with Crippen LogP contribution in [-0.2, 0) is 17.4 Å². The third kappa shape index (κ3) is 3.15. The zero-order valence-corrected chi connectivity index (χ0v) is 20.9. The third-order valence-corrected chi connectivity index (χ3v) is 8.44. The van der Waals surface area contributed by atoms with Gasteiger partial charge in [0.05, 0.1) is 11.0 Å². The molecule has 2 atom stereocenters. The summed E-state index contributed by atoms with van der Waals surface area (Å²) in [6.45, 7) is 19.0. The average Bonchev–Trinajstić information content (AvgIpc) is 2.74. The minimum atomic E-state index is 0.0142. The summed E-state index contributed by atoms with van der Waals surface area (Å²) in [5.74, 6) is 0.725. The SMILES string of the molecule is CCC1(C)c2c(C)cc(C)cc2-c2ccc3c(CCC(C)C)cccc3[n+]2C1(C)CC. The maximum Gasteiger partial charge on any atom is 0.213 e. The van der Waals surface area contributed by atoms with Crippen LogP contribution < -0.4 is 4.57 Å². The lowest BCUT2D eigenvalue weighted by molar-refractivity contribution is -0.742. The maximum absolute atomic E-state index is 2.71. The molecule has 0 saturated heterocycles. The zero-order chi connectivity index (χ0) is 22.6. The highest BCUT2D eigenvalue weighted by atomic mass is 15.1. The highest BCUT2D eigenvalue weighted by Crippen LogP contribution is 2.51. The number of rotatable bonds is 5. The molecule has 164 valence electrons. The Morgan fingerprint density at radius 1 is 0.935 bits per heavy atom. The first kappa shape index (κ1) is 22.1. The van der Waals surface area contributed by atoms with E-state index in [0.29, 0.717) is 0 Å². The summed E-state index contributed by atoms with van der Waals surface area (Å²) in [5, 5.41) is 1.43. The highest BCUT2D eigenvalue weighted by Gasteiger charge is 2.57. The van der Waals surface area contributed by atoms with Gasteiger partial charge in [0.15, 0.2) is 5.54 Å². The van der Waals surface area contributed by atoms with Crippen molar-refractivity contribution < 1.29 is 4.57 Å². The Labute approximate surface area is 189 Å². The molecular weight excluding hydrogens is 374 g/mol. The van der Waals surface area contributed by atoms with E-state index in [4.69, 9.17) is 0 Å². The summed E-state index contributed by atoms with van der Waals surface area (Å²) in [6.07, 6.45) is 4.62. The van der Waals surface area contributed by atoms with Gasteiger partial charge in [0.1, 0.15) is 0 Å². The molecule has 1 aromatic heterocycles. The van der Waals surface area contributed by atoms with Crippen molar-refractivity contribution >= 4 is 10.9 Å². The fourth-order valence-corrected chi connectivity index (χ4v) is 6.28. The van der Waals surface area contributed by atoms with E-state index < -0.39 is 0 Å². The van der Waals surface area contributed by atoms with E-state index in [2.05, 4.69) is 102 Å². The molecule has 1 aliphatic rings. The molecule has 0 fully saturated rings. The standard InChI is InChI=1S/C30H40N/c1-9-29(7)28-22(6)18-21(5)19-25(28)27-17-16-24-23(15-14-20(3)4)12-11-13-26(24)31(27)30(29,8)10-2/h11-13,16-20H,9-10,14-15H2,1-8H3/q+1. The van der Waals surface area contributed by atoms with Crippen LogP contribution in [0.2, 0.25) is 0 Å². The molecule has 1 heteroatoms. The summed E-state index contributed by atoms with van der Waals surface area (Å²) in [7, 11) is 0. The van der Waals surface area contributed by atoms with Crippen molar-refractivity contribution in [2.24, 2.45) is 5.92 Å². The predicted octanol–water partition coefficient (Wildman–Crippen LogP) is 7.81. The molecule has 0 saturated carbocycles. The molecule has 4 rings (SSSR count). The van der Waals surface area contributed by atoms with Gasteiger partial charge in [0.2, 0.25) is 11.2 Å². The first-order valence-corrected chi connectivity index (χ1v) is 12.3.